The monoisotopic (exact) mass is 168 g/mol. The van der Waals surface area contributed by atoms with Gasteiger partial charge in [0.2, 0.25) is 0 Å². The molecule has 1 aliphatic heterocycles. The second-order valence-corrected chi connectivity index (χ2v) is 4.01. The highest BCUT2D eigenvalue weighted by Crippen LogP contribution is 2.42. The van der Waals surface area contributed by atoms with Gasteiger partial charge in [0, 0.05) is 5.25 Å². The summed E-state index contributed by atoms with van der Waals surface area (Å²) in [4.78, 5) is 0. The van der Waals surface area contributed by atoms with Gasteiger partial charge in [-0.3, -0.25) is 0 Å². The third-order valence-corrected chi connectivity index (χ3v) is 3.30. The Kier molecular flexibility index (Phi) is 1.86. The predicted octanol–water partition coefficient (Wildman–Crippen LogP) is 3.00. The van der Waals surface area contributed by atoms with Crippen LogP contribution in [0.15, 0.2) is 24.3 Å². The molecule has 1 aromatic rings. The molecule has 58 valence electrons. The van der Waals surface area contributed by atoms with Crippen LogP contribution in [-0.4, -0.2) is 5.75 Å². The maximum atomic E-state index is 12.7. The van der Waals surface area contributed by atoms with Crippen molar-refractivity contribution < 1.29 is 4.39 Å². The van der Waals surface area contributed by atoms with Crippen LogP contribution >= 0.6 is 11.8 Å². The summed E-state index contributed by atoms with van der Waals surface area (Å²) in [6, 6.07) is 6.91. The molecule has 1 fully saturated rings. The smallest absolute Gasteiger partial charge is 0.123 e. The molecule has 0 aromatic heterocycles. The molecule has 0 nitrogen and oxygen atoms in total. The first-order valence-corrected chi connectivity index (χ1v) is 4.78. The van der Waals surface area contributed by atoms with Gasteiger partial charge >= 0.3 is 0 Å². The topological polar surface area (TPSA) is 0 Å². The van der Waals surface area contributed by atoms with Gasteiger partial charge in [0.15, 0.2) is 0 Å². The normalized spacial score (nSPS) is 22.8. The van der Waals surface area contributed by atoms with Crippen LogP contribution < -0.4 is 0 Å². The number of hydrogen-bond donors (Lipinski definition) is 0. The Bertz CT molecular complexity index is 255. The molecule has 0 spiro atoms. The lowest BCUT2D eigenvalue weighted by Crippen LogP contribution is -2.06. The van der Waals surface area contributed by atoms with Gasteiger partial charge in [0.05, 0.1) is 0 Å². The summed E-state index contributed by atoms with van der Waals surface area (Å²) < 4.78 is 12.7. The van der Waals surface area contributed by atoms with E-state index in [4.69, 9.17) is 0 Å². The fourth-order valence-corrected chi connectivity index (χ4v) is 2.02. The van der Waals surface area contributed by atoms with Crippen LogP contribution in [-0.2, 0) is 0 Å². The fourth-order valence-electron chi connectivity index (χ4n) is 1.21. The highest BCUT2D eigenvalue weighted by atomic mass is 32.2. The molecule has 1 heterocycles. The summed E-state index contributed by atoms with van der Waals surface area (Å²) >= 11 is 1.90. The maximum absolute atomic E-state index is 12.7. The molecule has 1 saturated heterocycles. The van der Waals surface area contributed by atoms with Crippen LogP contribution in [0.2, 0.25) is 0 Å². The Labute approximate surface area is 69.8 Å². The van der Waals surface area contributed by atoms with Gasteiger partial charge in [0.25, 0.3) is 0 Å². The summed E-state index contributed by atoms with van der Waals surface area (Å²) in [5, 5.41) is 0.561. The van der Waals surface area contributed by atoms with Crippen molar-refractivity contribution in [3.63, 3.8) is 0 Å². The molecule has 2 rings (SSSR count). The zero-order valence-corrected chi connectivity index (χ0v) is 6.90. The van der Waals surface area contributed by atoms with Crippen LogP contribution in [0.4, 0.5) is 4.39 Å². The number of halogens is 1. The summed E-state index contributed by atoms with van der Waals surface area (Å²) in [6.07, 6.45) is 1.20. The van der Waals surface area contributed by atoms with Gasteiger partial charge in [-0.2, -0.15) is 11.8 Å². The van der Waals surface area contributed by atoms with Crippen LogP contribution in [0, 0.1) is 5.82 Å². The number of thioether (sulfide) groups is 1. The van der Waals surface area contributed by atoms with Gasteiger partial charge in [-0.1, -0.05) is 12.1 Å². The van der Waals surface area contributed by atoms with E-state index in [9.17, 15) is 4.39 Å². The summed E-state index contributed by atoms with van der Waals surface area (Å²) in [5.41, 5.74) is 1.14. The molecule has 1 atom stereocenters. The molecule has 11 heavy (non-hydrogen) atoms. The Morgan fingerprint density at radius 2 is 2.27 bits per heavy atom. The Hall–Kier alpha value is -0.500. The number of rotatable bonds is 1. The SMILES string of the molecule is Fc1cccc(C2CCS2)c1. The predicted molar refractivity (Wildman–Crippen MR) is 46.2 cm³/mol. The van der Waals surface area contributed by atoms with Gasteiger partial charge in [-0.25, -0.2) is 4.39 Å². The third kappa shape index (κ3) is 1.41. The van der Waals surface area contributed by atoms with E-state index in [1.807, 2.05) is 17.8 Å². The Morgan fingerprint density at radius 3 is 2.82 bits per heavy atom. The molecule has 0 N–H and O–H groups in total. The van der Waals surface area contributed by atoms with Crippen LogP contribution in [0.1, 0.15) is 17.2 Å². The Morgan fingerprint density at radius 1 is 1.45 bits per heavy atom. The van der Waals surface area contributed by atoms with Crippen molar-refractivity contribution in [3.05, 3.63) is 35.6 Å². The van der Waals surface area contributed by atoms with Gasteiger partial charge in [-0.15, -0.1) is 0 Å². The van der Waals surface area contributed by atoms with Gasteiger partial charge in [0.1, 0.15) is 5.82 Å². The minimum atomic E-state index is -0.116. The van der Waals surface area contributed by atoms with Crippen molar-refractivity contribution in [2.75, 3.05) is 5.75 Å². The van der Waals surface area contributed by atoms with E-state index in [0.717, 1.165) is 5.56 Å². The van der Waals surface area contributed by atoms with E-state index in [0.29, 0.717) is 5.25 Å². The molecule has 0 saturated carbocycles. The average Bonchev–Trinajstić information content (AvgIpc) is 1.83. The summed E-state index contributed by atoms with van der Waals surface area (Å²) in [6.45, 7) is 0. The van der Waals surface area contributed by atoms with E-state index in [2.05, 4.69) is 0 Å². The molecule has 0 bridgehead atoms. The van der Waals surface area contributed by atoms with Crippen LogP contribution in [0.5, 0.6) is 0 Å². The van der Waals surface area contributed by atoms with E-state index in [1.54, 1.807) is 12.1 Å². The van der Waals surface area contributed by atoms with Crippen molar-refractivity contribution in [1.82, 2.24) is 0 Å². The lowest BCUT2D eigenvalue weighted by molar-refractivity contribution is 0.624. The fraction of sp³-hybridized carbons (Fsp3) is 0.333. The molecular formula is C9H9FS. The van der Waals surface area contributed by atoms with Crippen LogP contribution in [0.3, 0.4) is 0 Å². The molecule has 1 aliphatic rings. The van der Waals surface area contributed by atoms with E-state index < -0.39 is 0 Å². The second-order valence-electron chi connectivity index (χ2n) is 2.70. The molecule has 0 amide bonds. The zero-order valence-electron chi connectivity index (χ0n) is 6.09. The lowest BCUT2D eigenvalue weighted by atomic mass is 10.1. The quantitative estimate of drug-likeness (QED) is 0.621. The standard InChI is InChI=1S/C9H9FS/c10-8-3-1-2-7(6-8)9-4-5-11-9/h1-3,6,9H,4-5H2. The molecule has 0 radical (unpaired) electrons. The molecule has 1 aromatic carbocycles. The largest absolute Gasteiger partial charge is 0.207 e. The van der Waals surface area contributed by atoms with E-state index in [1.165, 1.54) is 18.2 Å². The van der Waals surface area contributed by atoms with Gasteiger partial charge in [-0.05, 0) is 29.9 Å². The average molecular weight is 168 g/mol. The van der Waals surface area contributed by atoms with E-state index in [-0.39, 0.29) is 5.82 Å². The zero-order chi connectivity index (χ0) is 7.68. The minimum absolute atomic E-state index is 0.116. The summed E-state index contributed by atoms with van der Waals surface area (Å²) in [5.74, 6) is 1.11. The van der Waals surface area contributed by atoms with Crippen molar-refractivity contribution in [3.8, 4) is 0 Å². The highest BCUT2D eigenvalue weighted by molar-refractivity contribution is 8.00. The lowest BCUT2D eigenvalue weighted by Gasteiger charge is -2.24. The van der Waals surface area contributed by atoms with Gasteiger partial charge < -0.3 is 0 Å². The molecular weight excluding hydrogens is 159 g/mol. The van der Waals surface area contributed by atoms with Crippen molar-refractivity contribution in [2.24, 2.45) is 0 Å². The first-order valence-electron chi connectivity index (χ1n) is 3.73. The first kappa shape index (κ1) is 7.17. The summed E-state index contributed by atoms with van der Waals surface area (Å²) in [7, 11) is 0. The number of benzene rings is 1. The van der Waals surface area contributed by atoms with E-state index >= 15 is 0 Å². The highest BCUT2D eigenvalue weighted by Gasteiger charge is 2.19. The first-order chi connectivity index (χ1) is 5.36. The third-order valence-electron chi connectivity index (χ3n) is 1.92. The maximum Gasteiger partial charge on any atom is 0.123 e. The molecule has 1 unspecified atom stereocenters. The molecule has 2 heteroatoms. The Balaban J connectivity index is 2.23. The second kappa shape index (κ2) is 2.86. The number of hydrogen-bond acceptors (Lipinski definition) is 1. The van der Waals surface area contributed by atoms with Crippen molar-refractivity contribution in [2.45, 2.75) is 11.7 Å². The van der Waals surface area contributed by atoms with Crippen LogP contribution in [0.25, 0.3) is 0 Å². The molecule has 0 aliphatic carbocycles. The minimum Gasteiger partial charge on any atom is -0.207 e. The van der Waals surface area contributed by atoms with Crippen molar-refractivity contribution in [1.29, 1.82) is 0 Å². The van der Waals surface area contributed by atoms with Crippen molar-refractivity contribution >= 4 is 11.8 Å².